The van der Waals surface area contributed by atoms with E-state index in [-0.39, 0.29) is 11.4 Å². The van der Waals surface area contributed by atoms with Crippen LogP contribution >= 0.6 is 11.3 Å². The number of thiophene rings is 1. The Bertz CT molecular complexity index is 449. The highest BCUT2D eigenvalue weighted by molar-refractivity contribution is 7.14. The zero-order valence-electron chi connectivity index (χ0n) is 10.6. The van der Waals surface area contributed by atoms with Gasteiger partial charge in [-0.15, -0.1) is 11.3 Å². The summed E-state index contributed by atoms with van der Waals surface area (Å²) in [7, 11) is 0. The number of nitrogen functional groups attached to an aromatic ring is 1. The molecule has 94 valence electrons. The number of rotatable bonds is 2. The van der Waals surface area contributed by atoms with Gasteiger partial charge in [-0.05, 0) is 37.2 Å². The number of carbonyl (C=O) groups excluding carboxylic acids is 1. The summed E-state index contributed by atoms with van der Waals surface area (Å²) in [6.07, 6.45) is 3.14. The summed E-state index contributed by atoms with van der Waals surface area (Å²) in [4.78, 5) is 13.6. The van der Waals surface area contributed by atoms with E-state index in [0.717, 1.165) is 19.3 Å². The molecule has 1 aliphatic rings. The second-order valence-corrected chi connectivity index (χ2v) is 6.41. The maximum Gasteiger partial charge on any atom is 0.350 e. The molecule has 1 aromatic rings. The van der Waals surface area contributed by atoms with Gasteiger partial charge in [-0.25, -0.2) is 4.79 Å². The van der Waals surface area contributed by atoms with Crippen LogP contribution in [0.15, 0.2) is 0 Å². The molecule has 0 aromatic carbocycles. The number of fused-ring (bicyclic) bond motifs is 1. The average molecular weight is 253 g/mol. The molecule has 2 rings (SSSR count). The molecule has 0 atom stereocenters. The number of carbonyl (C=O) groups is 1. The van der Waals surface area contributed by atoms with Gasteiger partial charge in [0, 0.05) is 4.88 Å². The quantitative estimate of drug-likeness (QED) is 0.824. The summed E-state index contributed by atoms with van der Waals surface area (Å²) < 4.78 is 5.03. The number of anilines is 1. The van der Waals surface area contributed by atoms with Gasteiger partial charge in [0.05, 0.1) is 12.3 Å². The highest BCUT2D eigenvalue weighted by Crippen LogP contribution is 2.42. The Kier molecular flexibility index (Phi) is 3.17. The molecule has 1 heterocycles. The minimum Gasteiger partial charge on any atom is -0.462 e. The fourth-order valence-electron chi connectivity index (χ4n) is 2.29. The number of esters is 1. The molecule has 0 amide bonds. The molecule has 0 unspecified atom stereocenters. The lowest BCUT2D eigenvalue weighted by Crippen LogP contribution is -2.21. The van der Waals surface area contributed by atoms with Gasteiger partial charge < -0.3 is 10.5 Å². The van der Waals surface area contributed by atoms with Crippen LogP contribution in [0, 0.1) is 5.41 Å². The second kappa shape index (κ2) is 4.33. The first-order valence-corrected chi connectivity index (χ1v) is 6.83. The Morgan fingerprint density at radius 3 is 2.88 bits per heavy atom. The van der Waals surface area contributed by atoms with E-state index in [4.69, 9.17) is 10.5 Å². The number of hydrogen-bond acceptors (Lipinski definition) is 4. The average Bonchev–Trinajstić information content (AvgIpc) is 2.55. The van der Waals surface area contributed by atoms with Crippen molar-refractivity contribution in [1.29, 1.82) is 0 Å². The van der Waals surface area contributed by atoms with Gasteiger partial charge >= 0.3 is 5.97 Å². The highest BCUT2D eigenvalue weighted by Gasteiger charge is 2.31. The number of nitrogens with two attached hydrogens (primary N) is 1. The van der Waals surface area contributed by atoms with Gasteiger partial charge in [-0.3, -0.25) is 0 Å². The Morgan fingerprint density at radius 2 is 2.24 bits per heavy atom. The van der Waals surface area contributed by atoms with Gasteiger partial charge in [-0.1, -0.05) is 13.8 Å². The molecule has 4 heteroatoms. The van der Waals surface area contributed by atoms with E-state index in [0.29, 0.717) is 17.2 Å². The van der Waals surface area contributed by atoms with E-state index >= 15 is 0 Å². The molecule has 0 saturated carbocycles. The number of ether oxygens (including phenoxy) is 1. The molecule has 3 nitrogen and oxygen atoms in total. The van der Waals surface area contributed by atoms with Crippen LogP contribution in [0.25, 0.3) is 0 Å². The first-order valence-electron chi connectivity index (χ1n) is 6.02. The SMILES string of the molecule is CCOC(=O)c1sc2c(c1N)CC(C)(C)CC2. The van der Waals surface area contributed by atoms with E-state index in [1.165, 1.54) is 21.8 Å². The molecule has 0 bridgehead atoms. The minimum absolute atomic E-state index is 0.276. The summed E-state index contributed by atoms with van der Waals surface area (Å²) in [6.45, 7) is 6.70. The Labute approximate surface area is 106 Å². The van der Waals surface area contributed by atoms with E-state index < -0.39 is 0 Å². The Morgan fingerprint density at radius 1 is 1.53 bits per heavy atom. The van der Waals surface area contributed by atoms with Crippen molar-refractivity contribution in [3.05, 3.63) is 15.3 Å². The summed E-state index contributed by atoms with van der Waals surface area (Å²) in [5, 5.41) is 0. The topological polar surface area (TPSA) is 52.3 Å². The van der Waals surface area contributed by atoms with Crippen LogP contribution < -0.4 is 5.73 Å². The maximum absolute atomic E-state index is 11.8. The zero-order valence-corrected chi connectivity index (χ0v) is 11.4. The standard InChI is InChI=1S/C13H19NO2S/c1-4-16-12(15)11-10(14)8-7-13(2,3)6-5-9(8)17-11/h4-7,14H2,1-3H3. The van der Waals surface area contributed by atoms with Gasteiger partial charge in [0.15, 0.2) is 0 Å². The van der Waals surface area contributed by atoms with E-state index in [9.17, 15) is 4.79 Å². The molecule has 1 aliphatic carbocycles. The third-order valence-corrected chi connectivity index (χ3v) is 4.56. The van der Waals surface area contributed by atoms with Crippen LogP contribution in [0.2, 0.25) is 0 Å². The first kappa shape index (κ1) is 12.4. The molecule has 0 spiro atoms. The van der Waals surface area contributed by atoms with Crippen molar-refractivity contribution in [1.82, 2.24) is 0 Å². The molecule has 0 radical (unpaired) electrons. The maximum atomic E-state index is 11.8. The predicted octanol–water partition coefficient (Wildman–Crippen LogP) is 3.02. The fourth-order valence-corrected chi connectivity index (χ4v) is 3.42. The fraction of sp³-hybridized carbons (Fsp3) is 0.615. The van der Waals surface area contributed by atoms with Crippen molar-refractivity contribution in [3.8, 4) is 0 Å². The molecular weight excluding hydrogens is 234 g/mol. The van der Waals surface area contributed by atoms with E-state index in [1.54, 1.807) is 0 Å². The van der Waals surface area contributed by atoms with Gasteiger partial charge in [0.2, 0.25) is 0 Å². The van der Waals surface area contributed by atoms with Crippen LogP contribution in [0.3, 0.4) is 0 Å². The van der Waals surface area contributed by atoms with Crippen LogP contribution in [0.1, 0.15) is 47.3 Å². The van der Waals surface area contributed by atoms with Crippen molar-refractivity contribution < 1.29 is 9.53 Å². The minimum atomic E-state index is -0.276. The van der Waals surface area contributed by atoms with Gasteiger partial charge in [-0.2, -0.15) is 0 Å². The Balaban J connectivity index is 2.34. The summed E-state index contributed by atoms with van der Waals surface area (Å²) >= 11 is 1.51. The zero-order chi connectivity index (χ0) is 12.6. The monoisotopic (exact) mass is 253 g/mol. The predicted molar refractivity (Wildman–Crippen MR) is 70.5 cm³/mol. The molecule has 0 aliphatic heterocycles. The largest absolute Gasteiger partial charge is 0.462 e. The smallest absolute Gasteiger partial charge is 0.350 e. The van der Waals surface area contributed by atoms with Crippen molar-refractivity contribution in [2.75, 3.05) is 12.3 Å². The van der Waals surface area contributed by atoms with Crippen LogP contribution in [0.5, 0.6) is 0 Å². The molecule has 0 saturated heterocycles. The lowest BCUT2D eigenvalue weighted by Gasteiger charge is -2.29. The second-order valence-electron chi connectivity index (χ2n) is 5.31. The summed E-state index contributed by atoms with van der Waals surface area (Å²) in [5.74, 6) is -0.276. The first-order chi connectivity index (χ1) is 7.94. The number of hydrogen-bond donors (Lipinski definition) is 1. The highest BCUT2D eigenvalue weighted by atomic mass is 32.1. The molecule has 2 N–H and O–H groups in total. The van der Waals surface area contributed by atoms with Crippen molar-refractivity contribution in [2.45, 2.75) is 40.0 Å². The lowest BCUT2D eigenvalue weighted by atomic mass is 9.77. The van der Waals surface area contributed by atoms with Gasteiger partial charge in [0.1, 0.15) is 4.88 Å². The lowest BCUT2D eigenvalue weighted by molar-refractivity contribution is 0.0533. The van der Waals surface area contributed by atoms with E-state index in [2.05, 4.69) is 13.8 Å². The van der Waals surface area contributed by atoms with Crippen molar-refractivity contribution in [3.63, 3.8) is 0 Å². The van der Waals surface area contributed by atoms with Crippen LogP contribution in [-0.2, 0) is 17.6 Å². The molecule has 17 heavy (non-hydrogen) atoms. The summed E-state index contributed by atoms with van der Waals surface area (Å²) in [5.41, 5.74) is 8.20. The van der Waals surface area contributed by atoms with Crippen LogP contribution in [0.4, 0.5) is 5.69 Å². The molecule has 1 aromatic heterocycles. The third-order valence-electron chi connectivity index (χ3n) is 3.28. The normalized spacial score (nSPS) is 17.6. The van der Waals surface area contributed by atoms with Gasteiger partial charge in [0.25, 0.3) is 0 Å². The van der Waals surface area contributed by atoms with Crippen molar-refractivity contribution in [2.24, 2.45) is 5.41 Å². The molecule has 0 fully saturated rings. The molecular formula is C13H19NO2S. The number of aryl methyl sites for hydroxylation is 1. The summed E-state index contributed by atoms with van der Waals surface area (Å²) in [6, 6.07) is 0. The van der Waals surface area contributed by atoms with Crippen molar-refractivity contribution >= 4 is 23.0 Å². The van der Waals surface area contributed by atoms with E-state index in [1.807, 2.05) is 6.92 Å². The van der Waals surface area contributed by atoms with Crippen LogP contribution in [-0.4, -0.2) is 12.6 Å². The third kappa shape index (κ3) is 2.32. The Hall–Kier alpha value is -1.03.